The van der Waals surface area contributed by atoms with E-state index in [9.17, 15) is 0 Å². The van der Waals surface area contributed by atoms with Gasteiger partial charge >= 0.3 is 0 Å². The van der Waals surface area contributed by atoms with E-state index < -0.39 is 0 Å². The normalized spacial score (nSPS) is 11.7. The smallest absolute Gasteiger partial charge is 0.188 e. The number of nitrogens with two attached hydrogens (primary N) is 1. The number of guanidine groups is 1. The molecule has 66 valence electrons. The first kappa shape index (κ1) is 9.35. The molecule has 0 aliphatic heterocycles. The lowest BCUT2D eigenvalue weighted by Crippen LogP contribution is -2.30. The molecular weight excluding hydrogens is 194 g/mol. The molecule has 0 saturated carbocycles. The van der Waals surface area contributed by atoms with E-state index in [0.29, 0.717) is 12.5 Å². The Kier molecular flexibility index (Phi) is 3.37. The van der Waals surface area contributed by atoms with Crippen LogP contribution in [0.5, 0.6) is 0 Å². The van der Waals surface area contributed by atoms with Gasteiger partial charge in [0.05, 0.1) is 10.9 Å². The molecule has 3 N–H and O–H groups in total. The van der Waals surface area contributed by atoms with Gasteiger partial charge in [-0.3, -0.25) is 4.99 Å². The summed E-state index contributed by atoms with van der Waals surface area (Å²) in [7, 11) is 1.64. The summed E-state index contributed by atoms with van der Waals surface area (Å²) in [6.45, 7) is 0.681. The molecule has 0 fully saturated rings. The van der Waals surface area contributed by atoms with Gasteiger partial charge in [-0.1, -0.05) is 11.6 Å². The maximum Gasteiger partial charge on any atom is 0.188 e. The van der Waals surface area contributed by atoms with E-state index in [4.69, 9.17) is 17.3 Å². The van der Waals surface area contributed by atoms with Crippen LogP contribution in [0.1, 0.15) is 4.88 Å². The van der Waals surface area contributed by atoms with Crippen LogP contribution in [0.3, 0.4) is 0 Å². The van der Waals surface area contributed by atoms with Crippen molar-refractivity contribution in [2.75, 3.05) is 7.05 Å². The Morgan fingerprint density at radius 2 is 2.50 bits per heavy atom. The van der Waals surface area contributed by atoms with Crippen molar-refractivity contribution < 1.29 is 0 Å². The zero-order valence-electron chi connectivity index (χ0n) is 6.67. The molecule has 5 heteroatoms. The Hall–Kier alpha value is -0.740. The number of aliphatic imine (C=N–C) groups is 1. The van der Waals surface area contributed by atoms with Gasteiger partial charge in [-0.2, -0.15) is 0 Å². The first-order valence-electron chi connectivity index (χ1n) is 3.42. The maximum absolute atomic E-state index is 5.74. The second-order valence-corrected chi connectivity index (χ2v) is 3.97. The molecule has 0 bridgehead atoms. The molecule has 3 nitrogen and oxygen atoms in total. The predicted molar refractivity (Wildman–Crippen MR) is 53.7 cm³/mol. The van der Waals surface area contributed by atoms with Gasteiger partial charge in [-0.05, 0) is 12.1 Å². The summed E-state index contributed by atoms with van der Waals surface area (Å²) in [5.41, 5.74) is 5.44. The number of rotatable bonds is 2. The quantitative estimate of drug-likeness (QED) is 0.565. The largest absolute Gasteiger partial charge is 0.370 e. The highest BCUT2D eigenvalue weighted by atomic mass is 35.5. The van der Waals surface area contributed by atoms with Crippen LogP contribution < -0.4 is 11.1 Å². The third kappa shape index (κ3) is 2.71. The van der Waals surface area contributed by atoms with Crippen LogP contribution in [0.2, 0.25) is 4.34 Å². The number of nitrogens with zero attached hydrogens (tertiary/aromatic N) is 1. The van der Waals surface area contributed by atoms with E-state index >= 15 is 0 Å². The van der Waals surface area contributed by atoms with Crippen LogP contribution in [-0.4, -0.2) is 13.0 Å². The van der Waals surface area contributed by atoms with Gasteiger partial charge in [0, 0.05) is 11.9 Å². The molecule has 0 spiro atoms. The van der Waals surface area contributed by atoms with Crippen molar-refractivity contribution in [3.63, 3.8) is 0 Å². The molecule has 0 atom stereocenters. The van der Waals surface area contributed by atoms with Gasteiger partial charge in [0.2, 0.25) is 0 Å². The second kappa shape index (κ2) is 4.33. The minimum absolute atomic E-state index is 0.444. The van der Waals surface area contributed by atoms with E-state index in [0.717, 1.165) is 9.21 Å². The maximum atomic E-state index is 5.74. The van der Waals surface area contributed by atoms with E-state index in [-0.39, 0.29) is 0 Å². The molecule has 0 saturated heterocycles. The van der Waals surface area contributed by atoms with E-state index in [1.54, 1.807) is 7.05 Å². The summed E-state index contributed by atoms with van der Waals surface area (Å²) < 4.78 is 0.791. The Labute approximate surface area is 80.3 Å². The minimum atomic E-state index is 0.444. The molecule has 0 aromatic carbocycles. The summed E-state index contributed by atoms with van der Waals surface area (Å²) in [6.07, 6.45) is 0. The number of hydrogen-bond acceptors (Lipinski definition) is 2. The molecule has 0 radical (unpaired) electrons. The van der Waals surface area contributed by atoms with Crippen molar-refractivity contribution in [2.24, 2.45) is 10.7 Å². The van der Waals surface area contributed by atoms with Crippen LogP contribution in [0.15, 0.2) is 17.1 Å². The fraction of sp³-hybridized carbons (Fsp3) is 0.286. The van der Waals surface area contributed by atoms with Gasteiger partial charge in [0.1, 0.15) is 0 Å². The third-order valence-electron chi connectivity index (χ3n) is 1.31. The van der Waals surface area contributed by atoms with Crippen molar-refractivity contribution in [1.29, 1.82) is 0 Å². The van der Waals surface area contributed by atoms with Crippen LogP contribution in [-0.2, 0) is 6.54 Å². The Bertz CT molecular complexity index is 282. The predicted octanol–water partition coefficient (Wildman–Crippen LogP) is 1.44. The molecular formula is C7H10ClN3S. The van der Waals surface area contributed by atoms with Crippen LogP contribution in [0.25, 0.3) is 0 Å². The first-order valence-corrected chi connectivity index (χ1v) is 4.62. The zero-order valence-corrected chi connectivity index (χ0v) is 8.25. The number of halogens is 1. The fourth-order valence-corrected chi connectivity index (χ4v) is 1.73. The lowest BCUT2D eigenvalue weighted by molar-refractivity contribution is 0.918. The average molecular weight is 204 g/mol. The zero-order chi connectivity index (χ0) is 8.97. The van der Waals surface area contributed by atoms with Crippen molar-refractivity contribution in [2.45, 2.75) is 6.54 Å². The average Bonchev–Trinajstić information content (AvgIpc) is 2.47. The summed E-state index contributed by atoms with van der Waals surface area (Å²) in [5, 5.41) is 2.94. The SMILES string of the molecule is CN=C(N)NCc1ccc(Cl)s1. The summed E-state index contributed by atoms with van der Waals surface area (Å²) in [6, 6.07) is 3.82. The van der Waals surface area contributed by atoms with Crippen LogP contribution >= 0.6 is 22.9 Å². The van der Waals surface area contributed by atoms with Crippen molar-refractivity contribution in [3.8, 4) is 0 Å². The molecule has 0 amide bonds. The van der Waals surface area contributed by atoms with Crippen molar-refractivity contribution in [1.82, 2.24) is 5.32 Å². The second-order valence-electron chi connectivity index (χ2n) is 2.17. The molecule has 0 unspecified atom stereocenters. The fourth-order valence-electron chi connectivity index (χ4n) is 0.703. The Balaban J connectivity index is 2.43. The summed E-state index contributed by atoms with van der Waals surface area (Å²) in [4.78, 5) is 4.91. The lowest BCUT2D eigenvalue weighted by atomic mass is 10.5. The lowest BCUT2D eigenvalue weighted by Gasteiger charge is -2.00. The van der Waals surface area contributed by atoms with Gasteiger partial charge < -0.3 is 11.1 Å². The van der Waals surface area contributed by atoms with E-state index in [1.165, 1.54) is 11.3 Å². The van der Waals surface area contributed by atoms with Crippen molar-refractivity contribution in [3.05, 3.63) is 21.3 Å². The monoisotopic (exact) mass is 203 g/mol. The van der Waals surface area contributed by atoms with Gasteiger partial charge in [0.15, 0.2) is 5.96 Å². The molecule has 0 aliphatic rings. The number of nitrogens with one attached hydrogen (secondary N) is 1. The third-order valence-corrected chi connectivity index (χ3v) is 2.54. The Morgan fingerprint density at radius 1 is 1.75 bits per heavy atom. The molecule has 12 heavy (non-hydrogen) atoms. The van der Waals surface area contributed by atoms with Crippen LogP contribution in [0.4, 0.5) is 0 Å². The molecule has 1 heterocycles. The van der Waals surface area contributed by atoms with Gasteiger partial charge in [-0.25, -0.2) is 0 Å². The highest BCUT2D eigenvalue weighted by Gasteiger charge is 1.97. The van der Waals surface area contributed by atoms with E-state index in [1.807, 2.05) is 12.1 Å². The molecule has 1 aromatic rings. The molecule has 1 rings (SSSR count). The minimum Gasteiger partial charge on any atom is -0.370 e. The number of thiophene rings is 1. The van der Waals surface area contributed by atoms with E-state index in [2.05, 4.69) is 10.3 Å². The first-order chi connectivity index (χ1) is 5.72. The van der Waals surface area contributed by atoms with Crippen LogP contribution in [0, 0.1) is 0 Å². The molecule has 1 aromatic heterocycles. The van der Waals surface area contributed by atoms with Gasteiger partial charge in [-0.15, -0.1) is 11.3 Å². The number of hydrogen-bond donors (Lipinski definition) is 2. The summed E-state index contributed by atoms with van der Waals surface area (Å²) in [5.74, 6) is 0.444. The highest BCUT2D eigenvalue weighted by molar-refractivity contribution is 7.16. The topological polar surface area (TPSA) is 50.4 Å². The standard InChI is InChI=1S/C7H10ClN3S/c1-10-7(9)11-4-5-2-3-6(8)12-5/h2-3H,4H2,1H3,(H3,9,10,11). The Morgan fingerprint density at radius 3 is 3.00 bits per heavy atom. The highest BCUT2D eigenvalue weighted by Crippen LogP contribution is 2.20. The molecule has 0 aliphatic carbocycles. The van der Waals surface area contributed by atoms with Crippen molar-refractivity contribution >= 4 is 28.9 Å². The van der Waals surface area contributed by atoms with Gasteiger partial charge in [0.25, 0.3) is 0 Å². The summed E-state index contributed by atoms with van der Waals surface area (Å²) >= 11 is 7.27.